The van der Waals surface area contributed by atoms with Gasteiger partial charge in [0.25, 0.3) is 5.91 Å². The zero-order valence-electron chi connectivity index (χ0n) is 14.3. The number of carbonyl (C=O) groups is 3. The molecule has 0 saturated carbocycles. The van der Waals surface area contributed by atoms with Crippen LogP contribution in [0.2, 0.25) is 0 Å². The van der Waals surface area contributed by atoms with Crippen LogP contribution in [0, 0.1) is 11.7 Å². The number of rotatable bonds is 7. The normalized spacial score (nSPS) is 11.8. The molecule has 2 aromatic rings. The SMILES string of the molecule is CC(C)C(NC(=O)c1ccc(F)cc1)C(=O)NCc1ccc(C(=O)O)o1. The third kappa shape index (κ3) is 4.92. The van der Waals surface area contributed by atoms with Crippen LogP contribution in [-0.2, 0) is 11.3 Å². The largest absolute Gasteiger partial charge is 0.475 e. The van der Waals surface area contributed by atoms with Gasteiger partial charge in [-0.3, -0.25) is 9.59 Å². The highest BCUT2D eigenvalue weighted by Gasteiger charge is 2.25. The van der Waals surface area contributed by atoms with E-state index in [1.807, 2.05) is 0 Å². The maximum atomic E-state index is 12.9. The number of hydrogen-bond donors (Lipinski definition) is 3. The van der Waals surface area contributed by atoms with E-state index in [9.17, 15) is 18.8 Å². The monoisotopic (exact) mass is 362 g/mol. The maximum Gasteiger partial charge on any atom is 0.371 e. The molecule has 138 valence electrons. The lowest BCUT2D eigenvalue weighted by Crippen LogP contribution is -2.49. The van der Waals surface area contributed by atoms with Gasteiger partial charge in [-0.25, -0.2) is 9.18 Å². The predicted octanol–water partition coefficient (Wildman–Crippen LogP) is 2.19. The summed E-state index contributed by atoms with van der Waals surface area (Å²) >= 11 is 0. The molecule has 0 aliphatic heterocycles. The topological polar surface area (TPSA) is 109 Å². The summed E-state index contributed by atoms with van der Waals surface area (Å²) in [5, 5.41) is 14.0. The number of benzene rings is 1. The summed E-state index contributed by atoms with van der Waals surface area (Å²) in [5.41, 5.74) is 0.238. The number of carboxylic acids is 1. The van der Waals surface area contributed by atoms with Crippen LogP contribution in [-0.4, -0.2) is 28.9 Å². The molecule has 26 heavy (non-hydrogen) atoms. The van der Waals surface area contributed by atoms with Crippen LogP contribution in [0.25, 0.3) is 0 Å². The lowest BCUT2D eigenvalue weighted by molar-refractivity contribution is -0.124. The van der Waals surface area contributed by atoms with Gasteiger partial charge in [0.2, 0.25) is 11.7 Å². The lowest BCUT2D eigenvalue weighted by atomic mass is 10.0. The fourth-order valence-corrected chi connectivity index (χ4v) is 2.23. The lowest BCUT2D eigenvalue weighted by Gasteiger charge is -2.21. The van der Waals surface area contributed by atoms with Gasteiger partial charge in [0.15, 0.2) is 0 Å². The Balaban J connectivity index is 1.98. The maximum absolute atomic E-state index is 12.9. The number of aromatic carboxylic acids is 1. The first kappa shape index (κ1) is 19.2. The fourth-order valence-electron chi connectivity index (χ4n) is 2.23. The van der Waals surface area contributed by atoms with Gasteiger partial charge in [-0.05, 0) is 42.3 Å². The third-order valence-electron chi connectivity index (χ3n) is 3.65. The number of carbonyl (C=O) groups excluding carboxylic acids is 2. The molecule has 3 N–H and O–H groups in total. The molecule has 2 amide bonds. The summed E-state index contributed by atoms with van der Waals surface area (Å²) in [7, 11) is 0. The standard InChI is InChI=1S/C18H19FN2O5/c1-10(2)15(21-16(22)11-3-5-12(19)6-4-11)17(23)20-9-13-7-8-14(26-13)18(24)25/h3-8,10,15H,9H2,1-2H3,(H,20,23)(H,21,22)(H,24,25). The van der Waals surface area contributed by atoms with Crippen LogP contribution >= 0.6 is 0 Å². The Morgan fingerprint density at radius 2 is 1.77 bits per heavy atom. The first-order valence-electron chi connectivity index (χ1n) is 7.94. The third-order valence-corrected chi connectivity index (χ3v) is 3.65. The molecule has 1 aromatic heterocycles. The Kier molecular flexibility index (Phi) is 6.11. The van der Waals surface area contributed by atoms with Crippen molar-refractivity contribution >= 4 is 17.8 Å². The molecule has 1 heterocycles. The number of carboxylic acid groups (broad SMARTS) is 1. The summed E-state index contributed by atoms with van der Waals surface area (Å²) in [5.74, 6) is -2.74. The van der Waals surface area contributed by atoms with Crippen LogP contribution < -0.4 is 10.6 Å². The molecular weight excluding hydrogens is 343 g/mol. The van der Waals surface area contributed by atoms with E-state index in [2.05, 4.69) is 10.6 Å². The van der Waals surface area contributed by atoms with E-state index in [0.717, 1.165) is 12.1 Å². The molecule has 0 aliphatic rings. The Hall–Kier alpha value is -3.16. The molecular formula is C18H19FN2O5. The van der Waals surface area contributed by atoms with E-state index >= 15 is 0 Å². The van der Waals surface area contributed by atoms with Crippen molar-refractivity contribution in [2.24, 2.45) is 5.92 Å². The number of hydrogen-bond acceptors (Lipinski definition) is 4. The van der Waals surface area contributed by atoms with Gasteiger partial charge in [0, 0.05) is 5.56 Å². The second-order valence-corrected chi connectivity index (χ2v) is 5.99. The van der Waals surface area contributed by atoms with Crippen LogP contribution in [0.3, 0.4) is 0 Å². The van der Waals surface area contributed by atoms with E-state index in [1.54, 1.807) is 13.8 Å². The second-order valence-electron chi connectivity index (χ2n) is 5.99. The van der Waals surface area contributed by atoms with Crippen molar-refractivity contribution in [2.75, 3.05) is 0 Å². The fraction of sp³-hybridized carbons (Fsp3) is 0.278. The van der Waals surface area contributed by atoms with E-state index in [-0.39, 0.29) is 29.5 Å². The Morgan fingerprint density at radius 1 is 1.12 bits per heavy atom. The van der Waals surface area contributed by atoms with E-state index in [0.29, 0.717) is 0 Å². The molecule has 0 radical (unpaired) electrons. The van der Waals surface area contributed by atoms with E-state index < -0.39 is 29.6 Å². The number of nitrogens with one attached hydrogen (secondary N) is 2. The highest BCUT2D eigenvalue weighted by molar-refractivity contribution is 5.97. The van der Waals surface area contributed by atoms with Crippen LogP contribution in [0.5, 0.6) is 0 Å². The minimum Gasteiger partial charge on any atom is -0.475 e. The van der Waals surface area contributed by atoms with Gasteiger partial charge in [0.1, 0.15) is 17.6 Å². The minimum atomic E-state index is -1.20. The van der Waals surface area contributed by atoms with E-state index in [4.69, 9.17) is 9.52 Å². The predicted molar refractivity (Wildman–Crippen MR) is 90.0 cm³/mol. The molecule has 0 spiro atoms. The average molecular weight is 362 g/mol. The first-order valence-corrected chi connectivity index (χ1v) is 7.94. The summed E-state index contributed by atoms with van der Waals surface area (Å²) in [4.78, 5) is 35.4. The minimum absolute atomic E-state index is 0.0122. The Morgan fingerprint density at radius 3 is 2.31 bits per heavy atom. The Labute approximate surface area is 149 Å². The van der Waals surface area contributed by atoms with E-state index in [1.165, 1.54) is 24.3 Å². The summed E-state index contributed by atoms with van der Waals surface area (Å²) in [6.07, 6.45) is 0. The van der Waals surface area contributed by atoms with Crippen molar-refractivity contribution < 1.29 is 28.3 Å². The van der Waals surface area contributed by atoms with Crippen LogP contribution in [0.15, 0.2) is 40.8 Å². The van der Waals surface area contributed by atoms with Gasteiger partial charge in [-0.15, -0.1) is 0 Å². The highest BCUT2D eigenvalue weighted by Crippen LogP contribution is 2.09. The first-order chi connectivity index (χ1) is 12.3. The van der Waals surface area contributed by atoms with Crippen molar-refractivity contribution in [3.8, 4) is 0 Å². The molecule has 8 heteroatoms. The van der Waals surface area contributed by atoms with Crippen molar-refractivity contribution in [3.63, 3.8) is 0 Å². The van der Waals surface area contributed by atoms with Gasteiger partial charge < -0.3 is 20.2 Å². The number of furan rings is 1. The molecule has 2 rings (SSSR count). The van der Waals surface area contributed by atoms with Crippen molar-refractivity contribution in [1.82, 2.24) is 10.6 Å². The van der Waals surface area contributed by atoms with Gasteiger partial charge in [-0.2, -0.15) is 0 Å². The molecule has 1 unspecified atom stereocenters. The molecule has 7 nitrogen and oxygen atoms in total. The van der Waals surface area contributed by atoms with Crippen molar-refractivity contribution in [3.05, 3.63) is 59.3 Å². The van der Waals surface area contributed by atoms with Crippen LogP contribution in [0.4, 0.5) is 4.39 Å². The average Bonchev–Trinajstić information content (AvgIpc) is 3.07. The Bertz CT molecular complexity index is 798. The van der Waals surface area contributed by atoms with Crippen molar-refractivity contribution in [2.45, 2.75) is 26.4 Å². The molecule has 0 saturated heterocycles. The summed E-state index contributed by atoms with van der Waals surface area (Å²) in [6.45, 7) is 3.52. The molecule has 0 aliphatic carbocycles. The van der Waals surface area contributed by atoms with Gasteiger partial charge in [0.05, 0.1) is 6.54 Å². The summed E-state index contributed by atoms with van der Waals surface area (Å²) in [6, 6.07) is 6.91. The quantitative estimate of drug-likeness (QED) is 0.700. The molecule has 0 fully saturated rings. The molecule has 0 bridgehead atoms. The van der Waals surface area contributed by atoms with Crippen molar-refractivity contribution in [1.29, 1.82) is 0 Å². The summed E-state index contributed by atoms with van der Waals surface area (Å²) < 4.78 is 18.0. The zero-order chi connectivity index (χ0) is 19.3. The number of halogens is 1. The van der Waals surface area contributed by atoms with Gasteiger partial charge in [-0.1, -0.05) is 13.8 Å². The molecule has 1 atom stereocenters. The number of amides is 2. The smallest absolute Gasteiger partial charge is 0.371 e. The highest BCUT2D eigenvalue weighted by atomic mass is 19.1. The van der Waals surface area contributed by atoms with Crippen LogP contribution in [0.1, 0.15) is 40.5 Å². The van der Waals surface area contributed by atoms with Gasteiger partial charge >= 0.3 is 5.97 Å². The zero-order valence-corrected chi connectivity index (χ0v) is 14.3. The molecule has 1 aromatic carbocycles. The second kappa shape index (κ2) is 8.28.